The Morgan fingerprint density at radius 1 is 1.27 bits per heavy atom. The molecule has 0 saturated carbocycles. The molecule has 1 saturated heterocycles. The molecule has 1 atom stereocenters. The molecule has 1 aromatic heterocycles. The lowest BCUT2D eigenvalue weighted by Crippen LogP contribution is -2.43. The van der Waals surface area contributed by atoms with Crippen molar-refractivity contribution in [2.24, 2.45) is 5.92 Å². The van der Waals surface area contributed by atoms with Crippen molar-refractivity contribution in [3.63, 3.8) is 0 Å². The fraction of sp³-hybridized carbons (Fsp3) is 0.579. The molecule has 0 aliphatic carbocycles. The number of carbonyl (C=O) groups is 1. The van der Waals surface area contributed by atoms with Crippen LogP contribution in [-0.4, -0.2) is 50.2 Å². The SMILES string of the molecule is CC(C)COc1ccc(-c2nnn(CC(=O)N3CCCC[C@H]3C)n2)cc1. The lowest BCUT2D eigenvalue weighted by atomic mass is 10.0. The van der Waals surface area contributed by atoms with E-state index >= 15 is 0 Å². The second-order valence-electron chi connectivity index (χ2n) is 7.30. The van der Waals surface area contributed by atoms with Crippen molar-refractivity contribution in [2.75, 3.05) is 13.2 Å². The lowest BCUT2D eigenvalue weighted by molar-refractivity contribution is -0.135. The Morgan fingerprint density at radius 3 is 2.73 bits per heavy atom. The molecule has 7 heteroatoms. The predicted octanol–water partition coefficient (Wildman–Crippen LogP) is 2.78. The van der Waals surface area contributed by atoms with Crippen LogP contribution in [0.5, 0.6) is 5.75 Å². The quantitative estimate of drug-likeness (QED) is 0.795. The molecule has 2 aromatic rings. The summed E-state index contributed by atoms with van der Waals surface area (Å²) in [7, 11) is 0. The summed E-state index contributed by atoms with van der Waals surface area (Å²) < 4.78 is 5.68. The van der Waals surface area contributed by atoms with Crippen molar-refractivity contribution < 1.29 is 9.53 Å². The number of hydrogen-bond donors (Lipinski definition) is 0. The van der Waals surface area contributed by atoms with Gasteiger partial charge in [0.1, 0.15) is 12.3 Å². The molecule has 1 amide bonds. The average molecular weight is 357 g/mol. The third-order valence-corrected chi connectivity index (χ3v) is 4.55. The van der Waals surface area contributed by atoms with Gasteiger partial charge in [-0.15, -0.1) is 10.2 Å². The Balaban J connectivity index is 1.61. The maximum Gasteiger partial charge on any atom is 0.246 e. The van der Waals surface area contributed by atoms with E-state index in [1.165, 1.54) is 11.2 Å². The standard InChI is InChI=1S/C19H27N5O2/c1-14(2)13-26-17-9-7-16(8-10-17)19-20-22-24(21-19)12-18(25)23-11-5-4-6-15(23)3/h7-10,14-15H,4-6,11-13H2,1-3H3/t15-/m1/s1. The van der Waals surface area contributed by atoms with Crippen LogP contribution in [0.15, 0.2) is 24.3 Å². The summed E-state index contributed by atoms with van der Waals surface area (Å²) in [4.78, 5) is 15.8. The zero-order valence-electron chi connectivity index (χ0n) is 15.8. The van der Waals surface area contributed by atoms with Crippen LogP contribution >= 0.6 is 0 Å². The molecule has 3 rings (SSSR count). The highest BCUT2D eigenvalue weighted by Gasteiger charge is 2.24. The van der Waals surface area contributed by atoms with Gasteiger partial charge in [0, 0.05) is 18.2 Å². The number of carbonyl (C=O) groups excluding carboxylic acids is 1. The van der Waals surface area contributed by atoms with Gasteiger partial charge >= 0.3 is 0 Å². The zero-order valence-corrected chi connectivity index (χ0v) is 15.8. The number of piperidine rings is 1. The fourth-order valence-corrected chi connectivity index (χ4v) is 3.07. The Bertz CT molecular complexity index is 726. The highest BCUT2D eigenvalue weighted by molar-refractivity contribution is 5.76. The van der Waals surface area contributed by atoms with Gasteiger partial charge < -0.3 is 9.64 Å². The van der Waals surface area contributed by atoms with Crippen molar-refractivity contribution in [1.82, 2.24) is 25.1 Å². The van der Waals surface area contributed by atoms with Crippen LogP contribution < -0.4 is 4.74 Å². The number of ether oxygens (including phenoxy) is 1. The van der Waals surface area contributed by atoms with Crippen molar-refractivity contribution in [3.8, 4) is 17.1 Å². The molecule has 0 bridgehead atoms. The van der Waals surface area contributed by atoms with E-state index in [0.717, 1.165) is 30.7 Å². The topological polar surface area (TPSA) is 73.1 Å². The first-order valence-corrected chi connectivity index (χ1v) is 9.33. The molecule has 26 heavy (non-hydrogen) atoms. The van der Waals surface area contributed by atoms with Gasteiger partial charge in [0.05, 0.1) is 6.61 Å². The summed E-state index contributed by atoms with van der Waals surface area (Å²) >= 11 is 0. The molecule has 0 spiro atoms. The Morgan fingerprint density at radius 2 is 2.04 bits per heavy atom. The van der Waals surface area contributed by atoms with E-state index in [0.29, 0.717) is 18.3 Å². The lowest BCUT2D eigenvalue weighted by Gasteiger charge is -2.33. The Hall–Kier alpha value is -2.44. The summed E-state index contributed by atoms with van der Waals surface area (Å²) in [5.74, 6) is 1.87. The van der Waals surface area contributed by atoms with Gasteiger partial charge in [0.15, 0.2) is 0 Å². The predicted molar refractivity (Wildman–Crippen MR) is 98.6 cm³/mol. The van der Waals surface area contributed by atoms with E-state index in [-0.39, 0.29) is 18.5 Å². The normalized spacial score (nSPS) is 17.5. The van der Waals surface area contributed by atoms with Gasteiger partial charge in [0.2, 0.25) is 11.7 Å². The smallest absolute Gasteiger partial charge is 0.246 e. The van der Waals surface area contributed by atoms with Crippen molar-refractivity contribution in [3.05, 3.63) is 24.3 Å². The number of nitrogens with zero attached hydrogens (tertiary/aromatic N) is 5. The van der Waals surface area contributed by atoms with Gasteiger partial charge in [-0.05, 0) is 61.6 Å². The fourth-order valence-electron chi connectivity index (χ4n) is 3.07. The van der Waals surface area contributed by atoms with Gasteiger partial charge in [-0.2, -0.15) is 4.80 Å². The van der Waals surface area contributed by atoms with Crippen LogP contribution in [0.2, 0.25) is 0 Å². The summed E-state index contributed by atoms with van der Waals surface area (Å²) in [6, 6.07) is 7.91. The van der Waals surface area contributed by atoms with Gasteiger partial charge in [-0.25, -0.2) is 0 Å². The molecule has 1 aliphatic heterocycles. The molecule has 0 radical (unpaired) electrons. The maximum atomic E-state index is 12.5. The molecule has 0 N–H and O–H groups in total. The number of aromatic nitrogens is 4. The Labute approximate surface area is 154 Å². The minimum Gasteiger partial charge on any atom is -0.493 e. The Kier molecular flexibility index (Phi) is 5.85. The molecular formula is C19H27N5O2. The largest absolute Gasteiger partial charge is 0.493 e. The summed E-state index contributed by atoms with van der Waals surface area (Å²) in [5.41, 5.74) is 0.854. The number of likely N-dealkylation sites (tertiary alicyclic amines) is 1. The minimum absolute atomic E-state index is 0.0542. The summed E-state index contributed by atoms with van der Waals surface area (Å²) in [6.45, 7) is 7.96. The number of hydrogen-bond acceptors (Lipinski definition) is 5. The molecule has 1 aliphatic rings. The van der Waals surface area contributed by atoms with Gasteiger partial charge in [-0.3, -0.25) is 4.79 Å². The second-order valence-corrected chi connectivity index (χ2v) is 7.30. The molecule has 1 fully saturated rings. The monoisotopic (exact) mass is 357 g/mol. The first-order chi connectivity index (χ1) is 12.5. The van der Waals surface area contributed by atoms with E-state index < -0.39 is 0 Å². The van der Waals surface area contributed by atoms with Gasteiger partial charge in [-0.1, -0.05) is 13.8 Å². The van der Waals surface area contributed by atoms with Crippen LogP contribution in [0.4, 0.5) is 0 Å². The average Bonchev–Trinajstić information content (AvgIpc) is 3.09. The van der Waals surface area contributed by atoms with E-state index in [4.69, 9.17) is 4.74 Å². The third kappa shape index (κ3) is 4.59. The number of amides is 1. The van der Waals surface area contributed by atoms with Gasteiger partial charge in [0.25, 0.3) is 0 Å². The van der Waals surface area contributed by atoms with E-state index in [2.05, 4.69) is 36.2 Å². The first-order valence-electron chi connectivity index (χ1n) is 9.33. The minimum atomic E-state index is 0.0542. The van der Waals surface area contributed by atoms with E-state index in [1.54, 1.807) is 0 Å². The number of benzene rings is 1. The van der Waals surface area contributed by atoms with Crippen molar-refractivity contribution in [2.45, 2.75) is 52.6 Å². The molecule has 7 nitrogen and oxygen atoms in total. The van der Waals surface area contributed by atoms with Crippen LogP contribution in [-0.2, 0) is 11.3 Å². The molecule has 140 valence electrons. The van der Waals surface area contributed by atoms with Crippen LogP contribution in [0.25, 0.3) is 11.4 Å². The van der Waals surface area contributed by atoms with Crippen LogP contribution in [0, 0.1) is 5.92 Å². The zero-order chi connectivity index (χ0) is 18.5. The van der Waals surface area contributed by atoms with Crippen LogP contribution in [0.1, 0.15) is 40.0 Å². The van der Waals surface area contributed by atoms with E-state index in [1.807, 2.05) is 29.2 Å². The van der Waals surface area contributed by atoms with Crippen molar-refractivity contribution >= 4 is 5.91 Å². The highest BCUT2D eigenvalue weighted by Crippen LogP contribution is 2.20. The molecule has 0 unspecified atom stereocenters. The van der Waals surface area contributed by atoms with E-state index in [9.17, 15) is 4.79 Å². The molecular weight excluding hydrogens is 330 g/mol. The second kappa shape index (κ2) is 8.29. The third-order valence-electron chi connectivity index (χ3n) is 4.55. The maximum absolute atomic E-state index is 12.5. The molecule has 2 heterocycles. The van der Waals surface area contributed by atoms with Crippen molar-refractivity contribution in [1.29, 1.82) is 0 Å². The molecule has 1 aromatic carbocycles. The first kappa shape index (κ1) is 18.4. The van der Waals surface area contributed by atoms with Crippen LogP contribution in [0.3, 0.4) is 0 Å². The summed E-state index contributed by atoms with van der Waals surface area (Å²) in [6.07, 6.45) is 3.32. The number of rotatable bonds is 6. The highest BCUT2D eigenvalue weighted by atomic mass is 16.5. The summed E-state index contributed by atoms with van der Waals surface area (Å²) in [5, 5.41) is 12.5. The number of tetrazole rings is 1.